The van der Waals surface area contributed by atoms with E-state index < -0.39 is 6.10 Å². The van der Waals surface area contributed by atoms with Crippen molar-refractivity contribution in [1.82, 2.24) is 10.3 Å². The Hall–Kier alpha value is -3.61. The first-order valence-electron chi connectivity index (χ1n) is 11.0. The summed E-state index contributed by atoms with van der Waals surface area (Å²) in [6.45, 7) is 1.51. The summed E-state index contributed by atoms with van der Waals surface area (Å²) in [7, 11) is 1.64. The molecule has 0 spiro atoms. The Bertz CT molecular complexity index is 1150. The molecule has 1 heterocycles. The van der Waals surface area contributed by atoms with Crippen LogP contribution in [0.2, 0.25) is 0 Å². The van der Waals surface area contributed by atoms with E-state index in [1.165, 1.54) is 5.56 Å². The van der Waals surface area contributed by atoms with E-state index in [0.29, 0.717) is 6.54 Å². The molecule has 4 aromatic rings. The highest BCUT2D eigenvalue weighted by Crippen LogP contribution is 2.30. The molecule has 0 aliphatic rings. The van der Waals surface area contributed by atoms with Gasteiger partial charge in [0.1, 0.15) is 35.7 Å². The van der Waals surface area contributed by atoms with Gasteiger partial charge in [-0.25, -0.2) is 0 Å². The number of aliphatic hydroxyl groups excluding tert-OH is 1. The Labute approximate surface area is 193 Å². The number of benzene rings is 3. The number of nitrogens with zero attached hydrogens (tertiary/aromatic N) is 1. The van der Waals surface area contributed by atoms with Crippen molar-refractivity contribution >= 4 is 10.9 Å². The smallest absolute Gasteiger partial charge is 0.138 e. The fraction of sp³-hybridized carbons (Fsp3) is 0.222. The normalized spacial score (nSPS) is 11.8. The first-order valence-corrected chi connectivity index (χ1v) is 11.0. The van der Waals surface area contributed by atoms with Crippen molar-refractivity contribution in [3.05, 3.63) is 90.6 Å². The average Bonchev–Trinajstić information content (AvgIpc) is 2.87. The van der Waals surface area contributed by atoms with Crippen LogP contribution >= 0.6 is 0 Å². The van der Waals surface area contributed by atoms with Crippen molar-refractivity contribution < 1.29 is 19.3 Å². The van der Waals surface area contributed by atoms with Gasteiger partial charge in [0.05, 0.1) is 12.6 Å². The van der Waals surface area contributed by atoms with Crippen LogP contribution in [0.5, 0.6) is 23.0 Å². The highest BCUT2D eigenvalue weighted by atomic mass is 16.5. The topological polar surface area (TPSA) is 72.8 Å². The minimum absolute atomic E-state index is 0.263. The molecule has 2 N–H and O–H groups in total. The predicted molar refractivity (Wildman–Crippen MR) is 129 cm³/mol. The lowest BCUT2D eigenvalue weighted by atomic mass is 10.1. The number of aromatic nitrogens is 1. The van der Waals surface area contributed by atoms with E-state index in [2.05, 4.69) is 22.4 Å². The number of ether oxygens (including phenoxy) is 3. The monoisotopic (exact) mass is 444 g/mol. The Morgan fingerprint density at radius 2 is 1.70 bits per heavy atom. The van der Waals surface area contributed by atoms with E-state index in [0.717, 1.165) is 46.9 Å². The van der Waals surface area contributed by atoms with Gasteiger partial charge in [-0.1, -0.05) is 30.3 Å². The van der Waals surface area contributed by atoms with Crippen molar-refractivity contribution in [3.8, 4) is 23.0 Å². The molecule has 6 heteroatoms. The number of rotatable bonds is 11. The largest absolute Gasteiger partial charge is 0.497 e. The Morgan fingerprint density at radius 1 is 0.909 bits per heavy atom. The summed E-state index contributed by atoms with van der Waals surface area (Å²) in [5.74, 6) is 3.05. The van der Waals surface area contributed by atoms with E-state index in [4.69, 9.17) is 14.2 Å². The summed E-state index contributed by atoms with van der Waals surface area (Å²) in [5.41, 5.74) is 2.01. The van der Waals surface area contributed by atoms with Crippen LogP contribution in [0, 0.1) is 0 Å². The number of pyridine rings is 1. The molecule has 6 nitrogen and oxygen atoms in total. The van der Waals surface area contributed by atoms with Gasteiger partial charge < -0.3 is 24.6 Å². The fourth-order valence-electron chi connectivity index (χ4n) is 3.44. The molecule has 33 heavy (non-hydrogen) atoms. The lowest BCUT2D eigenvalue weighted by Gasteiger charge is -2.13. The minimum Gasteiger partial charge on any atom is -0.497 e. The molecule has 1 atom stereocenters. The molecule has 170 valence electrons. The zero-order valence-electron chi connectivity index (χ0n) is 18.6. The van der Waals surface area contributed by atoms with Gasteiger partial charge in [0.2, 0.25) is 0 Å². The number of nitrogens with one attached hydrogen (secondary N) is 1. The standard InChI is InChI=1S/C27H28N2O4/c1-31-24-11-12-25-26(17-24)29-16-14-27(25)33-23-9-7-20(8-10-23)13-15-28-18-21(30)19-32-22-5-3-2-4-6-22/h2-12,14,16-17,21,28,30H,13,15,18-19H2,1H3. The first-order chi connectivity index (χ1) is 16.2. The van der Waals surface area contributed by atoms with Crippen molar-refractivity contribution in [2.75, 3.05) is 26.8 Å². The molecule has 0 aliphatic heterocycles. The maximum atomic E-state index is 10.1. The third kappa shape index (κ3) is 6.44. The maximum absolute atomic E-state index is 10.1. The van der Waals surface area contributed by atoms with Crippen molar-refractivity contribution in [2.24, 2.45) is 0 Å². The number of hydrogen-bond acceptors (Lipinski definition) is 6. The van der Waals surface area contributed by atoms with Gasteiger partial charge in [-0.2, -0.15) is 0 Å². The lowest BCUT2D eigenvalue weighted by Crippen LogP contribution is -2.32. The second kappa shape index (κ2) is 11.3. The van der Waals surface area contributed by atoms with Crippen LogP contribution in [-0.2, 0) is 6.42 Å². The van der Waals surface area contributed by atoms with Crippen molar-refractivity contribution in [2.45, 2.75) is 12.5 Å². The van der Waals surface area contributed by atoms with E-state index in [1.807, 2.05) is 66.7 Å². The summed E-state index contributed by atoms with van der Waals surface area (Å²) in [4.78, 5) is 4.39. The quantitative estimate of drug-likeness (QED) is 0.329. The van der Waals surface area contributed by atoms with Gasteiger partial charge in [0.15, 0.2) is 0 Å². The summed E-state index contributed by atoms with van der Waals surface area (Å²) in [5, 5.41) is 14.3. The number of aliphatic hydroxyl groups is 1. The SMILES string of the molecule is COc1ccc2c(Oc3ccc(CCNCC(O)COc4ccccc4)cc3)ccnc2c1. The zero-order valence-corrected chi connectivity index (χ0v) is 18.6. The van der Waals surface area contributed by atoms with Gasteiger partial charge in [-0.3, -0.25) is 4.98 Å². The van der Waals surface area contributed by atoms with Gasteiger partial charge in [-0.05, 0) is 61.0 Å². The third-order valence-electron chi connectivity index (χ3n) is 5.22. The molecular weight excluding hydrogens is 416 g/mol. The molecular formula is C27H28N2O4. The Kier molecular flexibility index (Phi) is 7.74. The van der Waals surface area contributed by atoms with Crippen LogP contribution in [0.1, 0.15) is 5.56 Å². The molecule has 0 saturated heterocycles. The maximum Gasteiger partial charge on any atom is 0.138 e. The van der Waals surface area contributed by atoms with Gasteiger partial charge in [-0.15, -0.1) is 0 Å². The first kappa shape index (κ1) is 22.6. The molecule has 0 amide bonds. The predicted octanol–water partition coefficient (Wildman–Crippen LogP) is 4.61. The van der Waals surface area contributed by atoms with Crippen LogP contribution in [0.25, 0.3) is 10.9 Å². The molecule has 1 aromatic heterocycles. The van der Waals surface area contributed by atoms with Crippen LogP contribution < -0.4 is 19.5 Å². The Balaban J connectivity index is 1.23. The van der Waals surface area contributed by atoms with E-state index >= 15 is 0 Å². The number of methoxy groups -OCH3 is 1. The molecule has 0 aliphatic carbocycles. The molecule has 0 radical (unpaired) electrons. The summed E-state index contributed by atoms with van der Waals surface area (Å²) in [6.07, 6.45) is 2.03. The van der Waals surface area contributed by atoms with Gasteiger partial charge >= 0.3 is 0 Å². The summed E-state index contributed by atoms with van der Waals surface area (Å²) >= 11 is 0. The van der Waals surface area contributed by atoms with E-state index in [1.54, 1.807) is 13.3 Å². The molecule has 0 saturated carbocycles. The van der Waals surface area contributed by atoms with Crippen LogP contribution in [0.3, 0.4) is 0 Å². The summed E-state index contributed by atoms with van der Waals surface area (Å²) in [6, 6.07) is 25.2. The fourth-order valence-corrected chi connectivity index (χ4v) is 3.44. The average molecular weight is 445 g/mol. The zero-order chi connectivity index (χ0) is 22.9. The van der Waals surface area contributed by atoms with Crippen LogP contribution in [0.4, 0.5) is 0 Å². The van der Waals surface area contributed by atoms with Crippen LogP contribution in [0.15, 0.2) is 85.1 Å². The van der Waals surface area contributed by atoms with Crippen molar-refractivity contribution in [3.63, 3.8) is 0 Å². The third-order valence-corrected chi connectivity index (χ3v) is 5.22. The summed E-state index contributed by atoms with van der Waals surface area (Å²) < 4.78 is 16.9. The van der Waals surface area contributed by atoms with E-state index in [9.17, 15) is 5.11 Å². The second-order valence-corrected chi connectivity index (χ2v) is 7.67. The van der Waals surface area contributed by atoms with Gasteiger partial charge in [0.25, 0.3) is 0 Å². The Morgan fingerprint density at radius 3 is 2.48 bits per heavy atom. The van der Waals surface area contributed by atoms with Crippen molar-refractivity contribution in [1.29, 1.82) is 0 Å². The lowest BCUT2D eigenvalue weighted by molar-refractivity contribution is 0.106. The van der Waals surface area contributed by atoms with Gasteiger partial charge in [0, 0.05) is 24.2 Å². The van der Waals surface area contributed by atoms with E-state index in [-0.39, 0.29) is 6.61 Å². The molecule has 3 aromatic carbocycles. The highest BCUT2D eigenvalue weighted by molar-refractivity contribution is 5.86. The highest BCUT2D eigenvalue weighted by Gasteiger charge is 2.07. The second-order valence-electron chi connectivity index (χ2n) is 7.67. The molecule has 0 bridgehead atoms. The molecule has 1 unspecified atom stereocenters. The number of hydrogen-bond donors (Lipinski definition) is 2. The number of para-hydroxylation sites is 1. The van der Waals surface area contributed by atoms with Crippen LogP contribution in [-0.4, -0.2) is 43.0 Å². The molecule has 0 fully saturated rings. The molecule has 4 rings (SSSR count). The minimum atomic E-state index is -0.559. The number of fused-ring (bicyclic) bond motifs is 1.